The van der Waals surface area contributed by atoms with Crippen LogP contribution in [0.1, 0.15) is 11.7 Å². The number of thiophene rings is 1. The van der Waals surface area contributed by atoms with Crippen LogP contribution in [0.25, 0.3) is 11.1 Å². The summed E-state index contributed by atoms with van der Waals surface area (Å²) in [4.78, 5) is 12.0. The Kier molecular flexibility index (Phi) is 6.46. The molecule has 1 atom stereocenters. The number of hydrogen-bond donors (Lipinski definition) is 2. The summed E-state index contributed by atoms with van der Waals surface area (Å²) in [5, 5.41) is 17.1. The number of rotatable bonds is 8. The summed E-state index contributed by atoms with van der Waals surface area (Å²) in [6.07, 6.45) is -0.781. The Morgan fingerprint density at radius 2 is 1.81 bits per heavy atom. The van der Waals surface area contributed by atoms with Crippen LogP contribution >= 0.6 is 11.3 Å². The third-order valence-electron chi connectivity index (χ3n) is 4.07. The number of ether oxygens (including phenoxy) is 2. The Morgan fingerprint density at radius 3 is 2.48 bits per heavy atom. The molecule has 1 amide bonds. The third kappa shape index (κ3) is 5.09. The number of benzene rings is 2. The minimum Gasteiger partial charge on any atom is -0.493 e. The monoisotopic (exact) mass is 383 g/mol. The van der Waals surface area contributed by atoms with E-state index in [4.69, 9.17) is 9.47 Å². The number of carbonyl (C=O) groups is 1. The van der Waals surface area contributed by atoms with E-state index in [1.165, 1.54) is 0 Å². The molecule has 1 unspecified atom stereocenters. The number of carbonyl (C=O) groups excluding carboxylic acids is 1. The van der Waals surface area contributed by atoms with Gasteiger partial charge in [-0.3, -0.25) is 4.79 Å². The van der Waals surface area contributed by atoms with Crippen molar-refractivity contribution in [1.29, 1.82) is 0 Å². The third-order valence-corrected chi connectivity index (χ3v) is 4.75. The lowest BCUT2D eigenvalue weighted by Crippen LogP contribution is -2.32. The second-order valence-corrected chi connectivity index (χ2v) is 6.67. The van der Waals surface area contributed by atoms with Crippen molar-refractivity contribution < 1.29 is 19.4 Å². The fraction of sp³-hybridized carbons (Fsp3) is 0.190. The van der Waals surface area contributed by atoms with E-state index >= 15 is 0 Å². The van der Waals surface area contributed by atoms with Crippen LogP contribution in [0, 0.1) is 0 Å². The molecule has 3 rings (SSSR count). The number of amides is 1. The van der Waals surface area contributed by atoms with Gasteiger partial charge in [0.25, 0.3) is 5.91 Å². The molecule has 0 bridgehead atoms. The SMILES string of the molecule is COc1ccccc1OCC(=O)NCC(O)c1ccc(-c2ccsc2)cc1. The van der Waals surface area contributed by atoms with Crippen LogP contribution in [-0.2, 0) is 4.79 Å². The second kappa shape index (κ2) is 9.21. The van der Waals surface area contributed by atoms with Gasteiger partial charge < -0.3 is 19.9 Å². The van der Waals surface area contributed by atoms with Gasteiger partial charge in [-0.05, 0) is 45.6 Å². The first kappa shape index (κ1) is 18.9. The van der Waals surface area contributed by atoms with Gasteiger partial charge >= 0.3 is 0 Å². The largest absolute Gasteiger partial charge is 0.493 e. The number of nitrogens with one attached hydrogen (secondary N) is 1. The van der Waals surface area contributed by atoms with Crippen molar-refractivity contribution >= 4 is 17.2 Å². The molecule has 0 aliphatic heterocycles. The molecular weight excluding hydrogens is 362 g/mol. The molecule has 0 fully saturated rings. The molecule has 1 aromatic heterocycles. The minimum atomic E-state index is -0.781. The Balaban J connectivity index is 1.48. The maximum absolute atomic E-state index is 12.0. The van der Waals surface area contributed by atoms with Gasteiger partial charge in [0.1, 0.15) is 0 Å². The molecule has 2 N–H and O–H groups in total. The van der Waals surface area contributed by atoms with Crippen LogP contribution in [0.2, 0.25) is 0 Å². The lowest BCUT2D eigenvalue weighted by molar-refractivity contribution is -0.123. The Hall–Kier alpha value is -2.83. The molecule has 27 heavy (non-hydrogen) atoms. The number of methoxy groups -OCH3 is 1. The Labute approximate surface area is 162 Å². The summed E-state index contributed by atoms with van der Waals surface area (Å²) in [6, 6.07) is 16.8. The van der Waals surface area contributed by atoms with Crippen LogP contribution in [0.3, 0.4) is 0 Å². The van der Waals surface area contributed by atoms with E-state index in [2.05, 4.69) is 16.8 Å². The van der Waals surface area contributed by atoms with E-state index in [9.17, 15) is 9.90 Å². The van der Waals surface area contributed by atoms with Gasteiger partial charge in [0.05, 0.1) is 13.2 Å². The normalized spacial score (nSPS) is 11.6. The van der Waals surface area contributed by atoms with Gasteiger partial charge in [0.2, 0.25) is 0 Å². The molecule has 0 radical (unpaired) electrons. The first-order valence-corrected chi connectivity index (χ1v) is 9.45. The van der Waals surface area contributed by atoms with Gasteiger partial charge in [0.15, 0.2) is 18.1 Å². The van der Waals surface area contributed by atoms with Crippen LogP contribution in [0.4, 0.5) is 0 Å². The van der Waals surface area contributed by atoms with Crippen molar-refractivity contribution in [3.63, 3.8) is 0 Å². The van der Waals surface area contributed by atoms with E-state index in [0.29, 0.717) is 11.5 Å². The summed E-state index contributed by atoms with van der Waals surface area (Å²) in [5.74, 6) is 0.755. The quantitative estimate of drug-likeness (QED) is 0.623. The maximum atomic E-state index is 12.0. The Bertz CT molecular complexity index is 862. The topological polar surface area (TPSA) is 67.8 Å². The molecule has 2 aromatic carbocycles. The zero-order valence-corrected chi connectivity index (χ0v) is 15.7. The van der Waals surface area contributed by atoms with Gasteiger partial charge in [-0.1, -0.05) is 36.4 Å². The van der Waals surface area contributed by atoms with Crippen molar-refractivity contribution in [1.82, 2.24) is 5.32 Å². The summed E-state index contributed by atoms with van der Waals surface area (Å²) in [6.45, 7) is -0.0316. The number of aliphatic hydroxyl groups is 1. The number of para-hydroxylation sites is 2. The van der Waals surface area contributed by atoms with Gasteiger partial charge in [-0.15, -0.1) is 0 Å². The average molecular weight is 383 g/mol. The van der Waals surface area contributed by atoms with E-state index in [-0.39, 0.29) is 19.1 Å². The molecule has 0 aliphatic carbocycles. The zero-order valence-electron chi connectivity index (χ0n) is 14.9. The molecule has 6 heteroatoms. The predicted octanol–water partition coefficient (Wildman–Crippen LogP) is 3.65. The molecule has 1 heterocycles. The van der Waals surface area contributed by atoms with Gasteiger partial charge in [-0.2, -0.15) is 11.3 Å². The van der Waals surface area contributed by atoms with E-state index in [1.54, 1.807) is 36.6 Å². The standard InChI is InChI=1S/C21H21NO4S/c1-25-19-4-2-3-5-20(19)26-13-21(24)22-12-18(23)16-8-6-15(7-9-16)17-10-11-27-14-17/h2-11,14,18,23H,12-13H2,1H3,(H,22,24). The first-order chi connectivity index (χ1) is 13.2. The molecule has 0 saturated carbocycles. The lowest BCUT2D eigenvalue weighted by Gasteiger charge is -2.14. The number of hydrogen-bond acceptors (Lipinski definition) is 5. The number of aliphatic hydroxyl groups excluding tert-OH is 1. The first-order valence-electron chi connectivity index (χ1n) is 8.50. The lowest BCUT2D eigenvalue weighted by atomic mass is 10.0. The van der Waals surface area contributed by atoms with Crippen molar-refractivity contribution in [2.75, 3.05) is 20.3 Å². The highest BCUT2D eigenvalue weighted by molar-refractivity contribution is 7.08. The van der Waals surface area contributed by atoms with Crippen molar-refractivity contribution in [2.45, 2.75) is 6.10 Å². The fourth-order valence-corrected chi connectivity index (χ4v) is 3.25. The molecule has 0 saturated heterocycles. The summed E-state index contributed by atoms with van der Waals surface area (Å²) in [5.41, 5.74) is 3.00. The predicted molar refractivity (Wildman–Crippen MR) is 106 cm³/mol. The van der Waals surface area contributed by atoms with Gasteiger partial charge in [-0.25, -0.2) is 0 Å². The van der Waals surface area contributed by atoms with Crippen LogP contribution in [0.15, 0.2) is 65.4 Å². The highest BCUT2D eigenvalue weighted by Crippen LogP contribution is 2.26. The van der Waals surface area contributed by atoms with Crippen molar-refractivity contribution in [2.24, 2.45) is 0 Å². The summed E-state index contributed by atoms with van der Waals surface area (Å²) < 4.78 is 10.6. The van der Waals surface area contributed by atoms with Crippen LogP contribution in [0.5, 0.6) is 11.5 Å². The van der Waals surface area contributed by atoms with Crippen LogP contribution in [-0.4, -0.2) is 31.3 Å². The maximum Gasteiger partial charge on any atom is 0.258 e. The molecule has 5 nitrogen and oxygen atoms in total. The second-order valence-electron chi connectivity index (χ2n) is 5.89. The smallest absolute Gasteiger partial charge is 0.258 e. The van der Waals surface area contributed by atoms with Crippen molar-refractivity contribution in [3.8, 4) is 22.6 Å². The van der Waals surface area contributed by atoms with E-state index in [0.717, 1.165) is 16.7 Å². The van der Waals surface area contributed by atoms with Crippen molar-refractivity contribution in [3.05, 3.63) is 70.9 Å². The van der Waals surface area contributed by atoms with Crippen LogP contribution < -0.4 is 14.8 Å². The van der Waals surface area contributed by atoms with E-state index in [1.807, 2.05) is 35.7 Å². The molecular formula is C21H21NO4S. The Morgan fingerprint density at radius 1 is 1.07 bits per heavy atom. The average Bonchev–Trinajstić information content (AvgIpc) is 3.25. The highest BCUT2D eigenvalue weighted by Gasteiger charge is 2.11. The molecule has 0 aliphatic rings. The fourth-order valence-electron chi connectivity index (χ4n) is 2.59. The summed E-state index contributed by atoms with van der Waals surface area (Å²) in [7, 11) is 1.54. The molecule has 0 spiro atoms. The van der Waals surface area contributed by atoms with Gasteiger partial charge in [0, 0.05) is 6.54 Å². The minimum absolute atomic E-state index is 0.117. The highest BCUT2D eigenvalue weighted by atomic mass is 32.1. The molecule has 140 valence electrons. The molecule has 3 aromatic rings. The summed E-state index contributed by atoms with van der Waals surface area (Å²) >= 11 is 1.64. The zero-order chi connectivity index (χ0) is 19.1. The van der Waals surface area contributed by atoms with E-state index < -0.39 is 6.10 Å².